The number of nitrogens with one attached hydrogen (secondary N) is 2. The Labute approximate surface area is 121 Å². The van der Waals surface area contributed by atoms with E-state index in [1.165, 1.54) is 0 Å². The zero-order valence-corrected chi connectivity index (χ0v) is 11.3. The molecule has 2 aromatic rings. The van der Waals surface area contributed by atoms with E-state index in [0.717, 1.165) is 18.5 Å². The molecule has 3 rings (SSSR count). The number of carboxylic acids is 1. The van der Waals surface area contributed by atoms with E-state index in [2.05, 4.69) is 15.5 Å². The molecule has 1 heterocycles. The van der Waals surface area contributed by atoms with Crippen LogP contribution in [0.4, 0.5) is 5.69 Å². The lowest BCUT2D eigenvalue weighted by molar-refractivity contribution is -0.136. The third-order valence-electron chi connectivity index (χ3n) is 3.41. The molecule has 6 nitrogen and oxygen atoms in total. The first kappa shape index (κ1) is 13.4. The van der Waals surface area contributed by atoms with Crippen LogP contribution in [0.5, 0.6) is 0 Å². The van der Waals surface area contributed by atoms with Crippen LogP contribution in [0.3, 0.4) is 0 Å². The minimum absolute atomic E-state index is 0.0294. The Kier molecular flexibility index (Phi) is 3.43. The fraction of sp³-hybridized carbons (Fsp3) is 0.267. The van der Waals surface area contributed by atoms with Gasteiger partial charge in [-0.1, -0.05) is 12.1 Å². The minimum Gasteiger partial charge on any atom is -0.481 e. The molecular formula is C15H15N3O3. The van der Waals surface area contributed by atoms with Crippen LogP contribution in [-0.2, 0) is 11.2 Å². The maximum atomic E-state index is 12.0. The summed E-state index contributed by atoms with van der Waals surface area (Å²) < 4.78 is 0. The van der Waals surface area contributed by atoms with Crippen molar-refractivity contribution in [3.63, 3.8) is 0 Å². The van der Waals surface area contributed by atoms with Gasteiger partial charge in [0.2, 0.25) is 0 Å². The number of amides is 1. The number of carboxylic acid groups (broad SMARTS) is 1. The molecule has 1 amide bonds. The summed E-state index contributed by atoms with van der Waals surface area (Å²) >= 11 is 0. The molecule has 1 aromatic heterocycles. The molecular weight excluding hydrogens is 270 g/mol. The largest absolute Gasteiger partial charge is 0.481 e. The van der Waals surface area contributed by atoms with Crippen LogP contribution in [0.15, 0.2) is 30.3 Å². The number of hydrogen-bond donors (Lipinski definition) is 3. The molecule has 6 heteroatoms. The lowest BCUT2D eigenvalue weighted by Gasteiger charge is -2.04. The molecule has 21 heavy (non-hydrogen) atoms. The summed E-state index contributed by atoms with van der Waals surface area (Å²) in [6.07, 6.45) is 2.26. The summed E-state index contributed by atoms with van der Waals surface area (Å²) in [6, 6.07) is 8.52. The van der Waals surface area contributed by atoms with Crippen LogP contribution in [0.2, 0.25) is 0 Å². The van der Waals surface area contributed by atoms with Crippen molar-refractivity contribution in [2.45, 2.75) is 25.2 Å². The third-order valence-corrected chi connectivity index (χ3v) is 3.41. The lowest BCUT2D eigenvalue weighted by atomic mass is 10.1. The van der Waals surface area contributed by atoms with Crippen molar-refractivity contribution >= 4 is 17.6 Å². The maximum absolute atomic E-state index is 12.0. The third kappa shape index (κ3) is 3.28. The van der Waals surface area contributed by atoms with Crippen LogP contribution in [0.1, 0.15) is 40.5 Å². The molecule has 0 bridgehead atoms. The van der Waals surface area contributed by atoms with Gasteiger partial charge in [0, 0.05) is 17.3 Å². The fourth-order valence-corrected chi connectivity index (χ4v) is 2.13. The minimum atomic E-state index is -0.879. The van der Waals surface area contributed by atoms with Gasteiger partial charge in [0.25, 0.3) is 5.91 Å². The molecule has 0 unspecified atom stereocenters. The highest BCUT2D eigenvalue weighted by molar-refractivity contribution is 6.02. The first-order chi connectivity index (χ1) is 10.1. The number of aliphatic carboxylic acids is 1. The normalized spacial score (nSPS) is 13.9. The lowest BCUT2D eigenvalue weighted by Crippen LogP contribution is -2.12. The number of hydrogen-bond acceptors (Lipinski definition) is 3. The number of carbonyl (C=O) groups is 2. The maximum Gasteiger partial charge on any atom is 0.307 e. The number of rotatable bonds is 5. The molecule has 1 fully saturated rings. The highest BCUT2D eigenvalue weighted by Gasteiger charge is 2.26. The highest BCUT2D eigenvalue weighted by Crippen LogP contribution is 2.39. The van der Waals surface area contributed by atoms with Crippen molar-refractivity contribution in [3.05, 3.63) is 47.3 Å². The second-order valence-corrected chi connectivity index (χ2v) is 5.20. The summed E-state index contributed by atoms with van der Waals surface area (Å²) in [6.45, 7) is 0. The Hall–Kier alpha value is -2.63. The van der Waals surface area contributed by atoms with E-state index in [1.54, 1.807) is 30.3 Å². The van der Waals surface area contributed by atoms with Gasteiger partial charge < -0.3 is 10.4 Å². The summed E-state index contributed by atoms with van der Waals surface area (Å²) in [7, 11) is 0. The SMILES string of the molecule is O=C(O)Cc1ccc(NC(=O)c2cc(C3CC3)[nH]n2)cc1. The Morgan fingerprint density at radius 3 is 2.62 bits per heavy atom. The Bertz CT molecular complexity index is 672. The van der Waals surface area contributed by atoms with E-state index in [9.17, 15) is 9.59 Å². The number of benzene rings is 1. The molecule has 0 aliphatic heterocycles. The number of carbonyl (C=O) groups excluding carboxylic acids is 1. The summed E-state index contributed by atoms with van der Waals surface area (Å²) in [5.41, 5.74) is 2.69. The van der Waals surface area contributed by atoms with E-state index >= 15 is 0 Å². The van der Waals surface area contributed by atoms with Crippen LogP contribution in [0, 0.1) is 0 Å². The first-order valence-corrected chi connectivity index (χ1v) is 6.79. The molecule has 0 radical (unpaired) electrons. The van der Waals surface area contributed by atoms with Crippen LogP contribution < -0.4 is 5.32 Å². The standard InChI is InChI=1S/C15H15N3O3/c19-14(20)7-9-1-5-11(6-2-9)16-15(21)13-8-12(17-18-13)10-3-4-10/h1-2,5-6,8,10H,3-4,7H2,(H,16,21)(H,17,18)(H,19,20). The Morgan fingerprint density at radius 1 is 1.29 bits per heavy atom. The van der Waals surface area contributed by atoms with Crippen molar-refractivity contribution in [3.8, 4) is 0 Å². The molecule has 1 aromatic carbocycles. The van der Waals surface area contributed by atoms with Gasteiger partial charge in [0.15, 0.2) is 5.69 Å². The topological polar surface area (TPSA) is 95.1 Å². The van der Waals surface area contributed by atoms with E-state index < -0.39 is 5.97 Å². The van der Waals surface area contributed by atoms with Gasteiger partial charge in [-0.15, -0.1) is 0 Å². The van der Waals surface area contributed by atoms with E-state index in [4.69, 9.17) is 5.11 Å². The zero-order chi connectivity index (χ0) is 14.8. The van der Waals surface area contributed by atoms with Crippen LogP contribution in [0.25, 0.3) is 0 Å². The summed E-state index contributed by atoms with van der Waals surface area (Å²) in [5.74, 6) is -0.630. The summed E-state index contributed by atoms with van der Waals surface area (Å²) in [5, 5.41) is 18.3. The fourth-order valence-electron chi connectivity index (χ4n) is 2.13. The van der Waals surface area contributed by atoms with Gasteiger partial charge in [-0.05, 0) is 36.6 Å². The highest BCUT2D eigenvalue weighted by atomic mass is 16.4. The average molecular weight is 285 g/mol. The molecule has 1 aliphatic carbocycles. The van der Waals surface area contributed by atoms with E-state index in [0.29, 0.717) is 22.9 Å². The Balaban J connectivity index is 1.64. The molecule has 3 N–H and O–H groups in total. The number of anilines is 1. The van der Waals surface area contributed by atoms with E-state index in [-0.39, 0.29) is 12.3 Å². The average Bonchev–Trinajstić information content (AvgIpc) is 3.18. The van der Waals surface area contributed by atoms with Crippen molar-refractivity contribution in [1.29, 1.82) is 0 Å². The predicted molar refractivity (Wildman–Crippen MR) is 76.3 cm³/mol. The van der Waals surface area contributed by atoms with Gasteiger partial charge in [-0.2, -0.15) is 5.10 Å². The molecule has 1 saturated carbocycles. The quantitative estimate of drug-likeness (QED) is 0.784. The van der Waals surface area contributed by atoms with Crippen molar-refractivity contribution in [1.82, 2.24) is 10.2 Å². The number of aromatic nitrogens is 2. The monoisotopic (exact) mass is 285 g/mol. The number of nitrogens with zero attached hydrogens (tertiary/aromatic N) is 1. The molecule has 0 spiro atoms. The van der Waals surface area contributed by atoms with Gasteiger partial charge in [-0.25, -0.2) is 0 Å². The first-order valence-electron chi connectivity index (χ1n) is 6.79. The second-order valence-electron chi connectivity index (χ2n) is 5.20. The Morgan fingerprint density at radius 2 is 2.00 bits per heavy atom. The van der Waals surface area contributed by atoms with E-state index in [1.807, 2.05) is 0 Å². The van der Waals surface area contributed by atoms with Gasteiger partial charge >= 0.3 is 5.97 Å². The van der Waals surface area contributed by atoms with Gasteiger partial charge in [-0.3, -0.25) is 14.7 Å². The van der Waals surface area contributed by atoms with Crippen molar-refractivity contribution < 1.29 is 14.7 Å². The van der Waals surface area contributed by atoms with Gasteiger partial charge in [0.05, 0.1) is 6.42 Å². The van der Waals surface area contributed by atoms with Crippen LogP contribution >= 0.6 is 0 Å². The number of aromatic amines is 1. The predicted octanol–water partition coefficient (Wildman–Crippen LogP) is 2.17. The molecule has 0 atom stereocenters. The summed E-state index contributed by atoms with van der Waals surface area (Å²) in [4.78, 5) is 22.6. The number of H-pyrrole nitrogens is 1. The van der Waals surface area contributed by atoms with Crippen molar-refractivity contribution in [2.24, 2.45) is 0 Å². The smallest absolute Gasteiger partial charge is 0.307 e. The molecule has 0 saturated heterocycles. The molecule has 1 aliphatic rings. The van der Waals surface area contributed by atoms with Crippen LogP contribution in [-0.4, -0.2) is 27.2 Å². The molecule has 108 valence electrons. The van der Waals surface area contributed by atoms with Crippen molar-refractivity contribution in [2.75, 3.05) is 5.32 Å². The zero-order valence-electron chi connectivity index (χ0n) is 11.3. The second kappa shape index (κ2) is 5.40. The van der Waals surface area contributed by atoms with Gasteiger partial charge in [0.1, 0.15) is 0 Å².